The lowest BCUT2D eigenvalue weighted by atomic mass is 9.96. The van der Waals surface area contributed by atoms with Crippen LogP contribution in [0.5, 0.6) is 0 Å². The summed E-state index contributed by atoms with van der Waals surface area (Å²) in [6.45, 7) is 6.09. The smallest absolute Gasteiger partial charge is 0.323 e. The van der Waals surface area contributed by atoms with Crippen molar-refractivity contribution in [2.75, 3.05) is 20.1 Å². The van der Waals surface area contributed by atoms with Gasteiger partial charge in [0.05, 0.1) is 6.54 Å². The van der Waals surface area contributed by atoms with Gasteiger partial charge in [-0.25, -0.2) is 0 Å². The summed E-state index contributed by atoms with van der Waals surface area (Å²) in [5.74, 6) is -1.01. The highest BCUT2D eigenvalue weighted by atomic mass is 16.4. The summed E-state index contributed by atoms with van der Waals surface area (Å²) >= 11 is 0. The van der Waals surface area contributed by atoms with Crippen LogP contribution in [0.25, 0.3) is 0 Å². The first-order valence-electron chi connectivity index (χ1n) is 5.59. The molecule has 0 aliphatic carbocycles. The molecule has 0 aromatic rings. The van der Waals surface area contributed by atoms with Crippen molar-refractivity contribution in [2.24, 2.45) is 0 Å². The molecular weight excluding hydrogens is 208 g/mol. The number of carbonyl (C=O) groups excluding carboxylic acids is 1. The van der Waals surface area contributed by atoms with Crippen molar-refractivity contribution < 1.29 is 14.7 Å². The lowest BCUT2D eigenvalue weighted by molar-refractivity contribution is -0.144. The summed E-state index contributed by atoms with van der Waals surface area (Å²) in [6, 6.07) is 0. The molecule has 0 fully saturated rings. The van der Waals surface area contributed by atoms with E-state index in [4.69, 9.17) is 5.11 Å². The average molecular weight is 230 g/mol. The van der Waals surface area contributed by atoms with Crippen LogP contribution in [0, 0.1) is 0 Å². The Labute approximate surface area is 96.8 Å². The Kier molecular flexibility index (Phi) is 6.03. The minimum atomic E-state index is -1.01. The Morgan fingerprint density at radius 3 is 2.31 bits per heavy atom. The summed E-state index contributed by atoms with van der Waals surface area (Å²) in [7, 11) is 1.70. The Morgan fingerprint density at radius 1 is 1.38 bits per heavy atom. The number of carboxylic acid groups (broad SMARTS) is 1. The topological polar surface area (TPSA) is 69.6 Å². The molecule has 0 saturated heterocycles. The lowest BCUT2D eigenvalue weighted by Gasteiger charge is -2.26. The minimum Gasteiger partial charge on any atom is -0.480 e. The van der Waals surface area contributed by atoms with Gasteiger partial charge in [0.25, 0.3) is 0 Å². The lowest BCUT2D eigenvalue weighted by Crippen LogP contribution is -2.52. The Bertz CT molecular complexity index is 256. The van der Waals surface area contributed by atoms with Crippen molar-refractivity contribution in [1.29, 1.82) is 0 Å². The number of hydrogen-bond donors (Lipinski definition) is 2. The van der Waals surface area contributed by atoms with Crippen molar-refractivity contribution >= 4 is 11.9 Å². The molecule has 5 nitrogen and oxygen atoms in total. The number of nitrogens with zero attached hydrogens (tertiary/aromatic N) is 1. The van der Waals surface area contributed by atoms with E-state index in [9.17, 15) is 9.59 Å². The van der Waals surface area contributed by atoms with Crippen molar-refractivity contribution in [3.8, 4) is 0 Å². The van der Waals surface area contributed by atoms with Gasteiger partial charge in [-0.1, -0.05) is 13.3 Å². The van der Waals surface area contributed by atoms with Crippen LogP contribution < -0.4 is 5.32 Å². The van der Waals surface area contributed by atoms with E-state index in [2.05, 4.69) is 5.32 Å². The second-order valence-electron chi connectivity index (χ2n) is 4.15. The van der Waals surface area contributed by atoms with Gasteiger partial charge < -0.3 is 10.0 Å². The maximum atomic E-state index is 11.5. The number of rotatable bonds is 7. The van der Waals surface area contributed by atoms with E-state index in [-0.39, 0.29) is 12.5 Å². The third-order valence-corrected chi connectivity index (χ3v) is 2.75. The van der Waals surface area contributed by atoms with E-state index < -0.39 is 11.5 Å². The third kappa shape index (κ3) is 4.18. The predicted molar refractivity (Wildman–Crippen MR) is 62.3 cm³/mol. The van der Waals surface area contributed by atoms with E-state index in [0.29, 0.717) is 13.0 Å². The quantitative estimate of drug-likeness (QED) is 0.675. The molecule has 0 rings (SSSR count). The van der Waals surface area contributed by atoms with Crippen molar-refractivity contribution in [2.45, 2.75) is 39.2 Å². The van der Waals surface area contributed by atoms with E-state index in [1.54, 1.807) is 18.9 Å². The van der Waals surface area contributed by atoms with E-state index >= 15 is 0 Å². The van der Waals surface area contributed by atoms with Gasteiger partial charge in [0.1, 0.15) is 5.54 Å². The first-order chi connectivity index (χ1) is 7.37. The van der Waals surface area contributed by atoms with Gasteiger partial charge in [-0.15, -0.1) is 0 Å². The molecule has 1 atom stereocenters. The average Bonchev–Trinajstić information content (AvgIpc) is 2.24. The van der Waals surface area contributed by atoms with Crippen LogP contribution in [-0.2, 0) is 9.59 Å². The minimum absolute atomic E-state index is 0.0626. The monoisotopic (exact) mass is 230 g/mol. The fourth-order valence-electron chi connectivity index (χ4n) is 1.35. The molecular formula is C11H22N2O3. The largest absolute Gasteiger partial charge is 0.480 e. The third-order valence-electron chi connectivity index (χ3n) is 2.75. The zero-order valence-corrected chi connectivity index (χ0v) is 10.5. The molecule has 0 aliphatic heterocycles. The number of carbonyl (C=O) groups is 2. The maximum absolute atomic E-state index is 11.5. The summed E-state index contributed by atoms with van der Waals surface area (Å²) in [5.41, 5.74) is -1.01. The SMILES string of the molecule is CCCC(C)(NCC(=O)N(C)CC)C(=O)O. The molecule has 0 saturated carbocycles. The van der Waals surface area contributed by atoms with Gasteiger partial charge >= 0.3 is 5.97 Å². The van der Waals surface area contributed by atoms with E-state index in [1.165, 1.54) is 0 Å². The van der Waals surface area contributed by atoms with Gasteiger partial charge in [-0.2, -0.15) is 0 Å². The van der Waals surface area contributed by atoms with E-state index in [0.717, 1.165) is 6.42 Å². The number of amides is 1. The molecule has 0 heterocycles. The van der Waals surface area contributed by atoms with Crippen LogP contribution in [0.15, 0.2) is 0 Å². The molecule has 16 heavy (non-hydrogen) atoms. The molecule has 0 aliphatic rings. The van der Waals surface area contributed by atoms with Gasteiger partial charge in [0.2, 0.25) is 5.91 Å². The van der Waals surface area contributed by atoms with Crippen molar-refractivity contribution in [3.05, 3.63) is 0 Å². The highest BCUT2D eigenvalue weighted by Gasteiger charge is 2.32. The maximum Gasteiger partial charge on any atom is 0.323 e. The Balaban J connectivity index is 4.33. The first kappa shape index (κ1) is 14.9. The standard InChI is InChI=1S/C11H22N2O3/c1-5-7-11(3,10(15)16)12-8-9(14)13(4)6-2/h12H,5-8H2,1-4H3,(H,15,16). The second-order valence-corrected chi connectivity index (χ2v) is 4.15. The fraction of sp³-hybridized carbons (Fsp3) is 0.818. The molecule has 0 radical (unpaired) electrons. The van der Waals surface area contributed by atoms with Crippen LogP contribution in [0.2, 0.25) is 0 Å². The zero-order valence-electron chi connectivity index (χ0n) is 10.5. The predicted octanol–water partition coefficient (Wildman–Crippen LogP) is 0.698. The second kappa shape index (κ2) is 6.48. The molecule has 5 heteroatoms. The molecule has 0 spiro atoms. The zero-order chi connectivity index (χ0) is 12.8. The molecule has 0 bridgehead atoms. The van der Waals surface area contributed by atoms with Crippen LogP contribution >= 0.6 is 0 Å². The van der Waals surface area contributed by atoms with Crippen molar-refractivity contribution in [1.82, 2.24) is 10.2 Å². The van der Waals surface area contributed by atoms with Gasteiger partial charge in [0, 0.05) is 13.6 Å². The molecule has 1 unspecified atom stereocenters. The summed E-state index contributed by atoms with van der Waals surface area (Å²) in [5, 5.41) is 11.9. The fourth-order valence-corrected chi connectivity index (χ4v) is 1.35. The summed E-state index contributed by atoms with van der Waals surface area (Å²) < 4.78 is 0. The molecule has 1 amide bonds. The molecule has 0 aromatic carbocycles. The number of likely N-dealkylation sites (N-methyl/N-ethyl adjacent to an activating group) is 1. The number of aliphatic carboxylic acids is 1. The van der Waals surface area contributed by atoms with Gasteiger partial charge in [-0.3, -0.25) is 14.9 Å². The first-order valence-corrected chi connectivity index (χ1v) is 5.59. The highest BCUT2D eigenvalue weighted by molar-refractivity contribution is 5.81. The summed E-state index contributed by atoms with van der Waals surface area (Å²) in [6.07, 6.45) is 1.26. The highest BCUT2D eigenvalue weighted by Crippen LogP contribution is 2.12. The molecule has 2 N–H and O–H groups in total. The Morgan fingerprint density at radius 2 is 1.94 bits per heavy atom. The summed E-state index contributed by atoms with van der Waals surface area (Å²) in [4.78, 5) is 24.2. The van der Waals surface area contributed by atoms with Crippen LogP contribution in [0.3, 0.4) is 0 Å². The van der Waals surface area contributed by atoms with Crippen LogP contribution in [0.4, 0.5) is 0 Å². The van der Waals surface area contributed by atoms with Gasteiger partial charge in [-0.05, 0) is 20.3 Å². The van der Waals surface area contributed by atoms with Crippen LogP contribution in [0.1, 0.15) is 33.6 Å². The van der Waals surface area contributed by atoms with Crippen LogP contribution in [-0.4, -0.2) is 47.6 Å². The normalized spacial score (nSPS) is 14.2. The number of nitrogens with one attached hydrogen (secondary N) is 1. The van der Waals surface area contributed by atoms with Gasteiger partial charge in [0.15, 0.2) is 0 Å². The Hall–Kier alpha value is -1.10. The van der Waals surface area contributed by atoms with Crippen molar-refractivity contribution in [3.63, 3.8) is 0 Å². The molecule has 94 valence electrons. The van der Waals surface area contributed by atoms with E-state index in [1.807, 2.05) is 13.8 Å². The number of hydrogen-bond acceptors (Lipinski definition) is 3. The number of carboxylic acids is 1. The molecule has 0 aromatic heterocycles.